The maximum absolute atomic E-state index is 12.7. The Balaban J connectivity index is 2.05. The number of nitrogens with zero attached hydrogens (tertiary/aromatic N) is 1. The maximum atomic E-state index is 12.7. The van der Waals surface area contributed by atoms with Gasteiger partial charge in [-0.05, 0) is 25.3 Å². The Labute approximate surface area is 132 Å². The molecule has 0 radical (unpaired) electrons. The van der Waals surface area contributed by atoms with E-state index in [1.54, 1.807) is 4.90 Å². The predicted octanol–water partition coefficient (Wildman–Crippen LogP) is 3.38. The van der Waals surface area contributed by atoms with Gasteiger partial charge in [0.25, 0.3) is 0 Å². The number of amides is 1. The summed E-state index contributed by atoms with van der Waals surface area (Å²) in [5, 5.41) is 8.92. The van der Waals surface area contributed by atoms with Crippen LogP contribution in [0.15, 0.2) is 24.3 Å². The lowest BCUT2D eigenvalue weighted by Crippen LogP contribution is -2.38. The quantitative estimate of drug-likeness (QED) is 0.876. The van der Waals surface area contributed by atoms with Gasteiger partial charge in [0.05, 0.1) is 6.42 Å². The van der Waals surface area contributed by atoms with Crippen molar-refractivity contribution >= 4 is 11.9 Å². The second kappa shape index (κ2) is 7.97. The Morgan fingerprint density at radius 3 is 2.36 bits per heavy atom. The molecule has 0 unspecified atom stereocenters. The fourth-order valence-electron chi connectivity index (χ4n) is 3.02. The number of carboxylic acids is 1. The highest BCUT2D eigenvalue weighted by Crippen LogP contribution is 2.26. The summed E-state index contributed by atoms with van der Waals surface area (Å²) >= 11 is 0. The molecule has 1 aromatic carbocycles. The van der Waals surface area contributed by atoms with E-state index in [0.29, 0.717) is 13.1 Å². The van der Waals surface area contributed by atoms with E-state index >= 15 is 0 Å². The highest BCUT2D eigenvalue weighted by molar-refractivity contribution is 5.79. The molecule has 0 heterocycles. The molecule has 1 aliphatic carbocycles. The maximum Gasteiger partial charge on any atom is 0.305 e. The number of carbonyl (C=O) groups excluding carboxylic acids is 1. The number of aliphatic carboxylic acids is 1. The summed E-state index contributed by atoms with van der Waals surface area (Å²) in [7, 11) is 0. The zero-order chi connectivity index (χ0) is 15.9. The molecule has 120 valence electrons. The van der Waals surface area contributed by atoms with Gasteiger partial charge in [0.15, 0.2) is 0 Å². The molecule has 1 saturated carbocycles. The zero-order valence-corrected chi connectivity index (χ0v) is 13.3. The molecule has 0 atom stereocenters. The van der Waals surface area contributed by atoms with Crippen molar-refractivity contribution in [2.45, 2.75) is 52.0 Å². The van der Waals surface area contributed by atoms with Crippen molar-refractivity contribution in [3.8, 4) is 0 Å². The number of hydrogen-bond donors (Lipinski definition) is 1. The fourth-order valence-corrected chi connectivity index (χ4v) is 3.02. The van der Waals surface area contributed by atoms with E-state index < -0.39 is 5.97 Å². The summed E-state index contributed by atoms with van der Waals surface area (Å²) in [4.78, 5) is 25.3. The second-order valence-corrected chi connectivity index (χ2v) is 6.22. The molecular weight excluding hydrogens is 278 g/mol. The number of carbonyl (C=O) groups is 2. The van der Waals surface area contributed by atoms with Crippen LogP contribution in [0.2, 0.25) is 0 Å². The summed E-state index contributed by atoms with van der Waals surface area (Å²) in [6, 6.07) is 8.07. The third-order valence-electron chi connectivity index (χ3n) is 4.36. The van der Waals surface area contributed by atoms with E-state index in [-0.39, 0.29) is 18.2 Å². The first-order chi connectivity index (χ1) is 10.6. The average Bonchev–Trinajstić information content (AvgIpc) is 2.53. The predicted molar refractivity (Wildman–Crippen MR) is 85.4 cm³/mol. The van der Waals surface area contributed by atoms with Crippen LogP contribution in [-0.4, -0.2) is 28.4 Å². The molecule has 1 fully saturated rings. The van der Waals surface area contributed by atoms with Gasteiger partial charge in [-0.15, -0.1) is 0 Å². The van der Waals surface area contributed by atoms with Gasteiger partial charge in [-0.3, -0.25) is 9.59 Å². The lowest BCUT2D eigenvalue weighted by molar-refractivity contribution is -0.140. The third-order valence-corrected chi connectivity index (χ3v) is 4.36. The zero-order valence-electron chi connectivity index (χ0n) is 13.3. The van der Waals surface area contributed by atoms with E-state index in [1.807, 2.05) is 31.2 Å². The Morgan fingerprint density at radius 1 is 1.14 bits per heavy atom. The van der Waals surface area contributed by atoms with E-state index in [9.17, 15) is 9.59 Å². The third kappa shape index (κ3) is 4.86. The van der Waals surface area contributed by atoms with Crippen molar-refractivity contribution < 1.29 is 14.7 Å². The molecule has 0 saturated heterocycles. The number of hydrogen-bond acceptors (Lipinski definition) is 2. The molecule has 2 rings (SSSR count). The minimum Gasteiger partial charge on any atom is -0.481 e. The molecule has 22 heavy (non-hydrogen) atoms. The molecule has 1 N–H and O–H groups in total. The molecular formula is C18H25NO3. The number of carboxylic acid groups (broad SMARTS) is 1. The van der Waals surface area contributed by atoms with Crippen molar-refractivity contribution in [1.82, 2.24) is 4.90 Å². The highest BCUT2D eigenvalue weighted by atomic mass is 16.4. The second-order valence-electron chi connectivity index (χ2n) is 6.22. The largest absolute Gasteiger partial charge is 0.481 e. The van der Waals surface area contributed by atoms with Crippen molar-refractivity contribution in [3.05, 3.63) is 35.4 Å². The Hall–Kier alpha value is -1.84. The van der Waals surface area contributed by atoms with Crippen LogP contribution in [0, 0.1) is 12.8 Å². The lowest BCUT2D eigenvalue weighted by Gasteiger charge is -2.29. The van der Waals surface area contributed by atoms with Crippen molar-refractivity contribution in [3.63, 3.8) is 0 Å². The molecule has 0 aromatic heterocycles. The Morgan fingerprint density at radius 2 is 1.77 bits per heavy atom. The van der Waals surface area contributed by atoms with Crippen LogP contribution in [0.1, 0.15) is 49.7 Å². The number of benzene rings is 1. The minimum absolute atomic E-state index is 0.00429. The van der Waals surface area contributed by atoms with Crippen LogP contribution in [0.25, 0.3) is 0 Å². The van der Waals surface area contributed by atoms with E-state index in [1.165, 1.54) is 12.0 Å². The summed E-state index contributed by atoms with van der Waals surface area (Å²) in [6.07, 6.45) is 5.30. The van der Waals surface area contributed by atoms with Crippen LogP contribution >= 0.6 is 0 Å². The molecule has 1 amide bonds. The van der Waals surface area contributed by atoms with E-state index in [0.717, 1.165) is 31.2 Å². The smallest absolute Gasteiger partial charge is 0.305 e. The molecule has 4 heteroatoms. The highest BCUT2D eigenvalue weighted by Gasteiger charge is 2.26. The van der Waals surface area contributed by atoms with Gasteiger partial charge in [0.1, 0.15) is 0 Å². The first kappa shape index (κ1) is 16.5. The summed E-state index contributed by atoms with van der Waals surface area (Å²) in [5.41, 5.74) is 2.24. The van der Waals surface area contributed by atoms with Crippen LogP contribution in [0.4, 0.5) is 0 Å². The van der Waals surface area contributed by atoms with Gasteiger partial charge in [0.2, 0.25) is 5.91 Å². The van der Waals surface area contributed by atoms with Gasteiger partial charge in [-0.1, -0.05) is 49.1 Å². The summed E-state index contributed by atoms with van der Waals surface area (Å²) in [5.74, 6) is -0.653. The fraction of sp³-hybridized carbons (Fsp3) is 0.556. The minimum atomic E-state index is -0.856. The first-order valence-electron chi connectivity index (χ1n) is 8.12. The van der Waals surface area contributed by atoms with Gasteiger partial charge in [0, 0.05) is 19.0 Å². The van der Waals surface area contributed by atoms with Gasteiger partial charge in [-0.25, -0.2) is 0 Å². The van der Waals surface area contributed by atoms with Crippen LogP contribution < -0.4 is 0 Å². The first-order valence-corrected chi connectivity index (χ1v) is 8.12. The average molecular weight is 303 g/mol. The van der Waals surface area contributed by atoms with Gasteiger partial charge < -0.3 is 10.0 Å². The molecule has 1 aliphatic rings. The van der Waals surface area contributed by atoms with E-state index in [4.69, 9.17) is 5.11 Å². The summed E-state index contributed by atoms with van der Waals surface area (Å²) < 4.78 is 0. The van der Waals surface area contributed by atoms with Crippen LogP contribution in [-0.2, 0) is 16.1 Å². The number of aryl methyl sites for hydroxylation is 1. The SMILES string of the molecule is Cc1ccc(CN(CCC(=O)O)C(=O)C2CCCCC2)cc1. The lowest BCUT2D eigenvalue weighted by atomic mass is 9.88. The summed E-state index contributed by atoms with van der Waals surface area (Å²) in [6.45, 7) is 2.82. The van der Waals surface area contributed by atoms with Crippen molar-refractivity contribution in [2.75, 3.05) is 6.54 Å². The van der Waals surface area contributed by atoms with Crippen LogP contribution in [0.3, 0.4) is 0 Å². The molecule has 4 nitrogen and oxygen atoms in total. The Bertz CT molecular complexity index is 504. The molecule has 0 bridgehead atoms. The van der Waals surface area contributed by atoms with Gasteiger partial charge in [-0.2, -0.15) is 0 Å². The topological polar surface area (TPSA) is 57.6 Å². The number of rotatable bonds is 6. The van der Waals surface area contributed by atoms with Crippen molar-refractivity contribution in [2.24, 2.45) is 5.92 Å². The van der Waals surface area contributed by atoms with Gasteiger partial charge >= 0.3 is 5.97 Å². The molecule has 0 aliphatic heterocycles. The standard InChI is InChI=1S/C18H25NO3/c1-14-7-9-15(10-8-14)13-19(12-11-17(20)21)18(22)16-5-3-2-4-6-16/h7-10,16H,2-6,11-13H2,1H3,(H,20,21). The Kier molecular flexibility index (Phi) is 5.99. The molecule has 0 spiro atoms. The van der Waals surface area contributed by atoms with E-state index in [2.05, 4.69) is 0 Å². The normalized spacial score (nSPS) is 15.5. The monoisotopic (exact) mass is 303 g/mol. The van der Waals surface area contributed by atoms with Crippen LogP contribution in [0.5, 0.6) is 0 Å². The van der Waals surface area contributed by atoms with Crippen molar-refractivity contribution in [1.29, 1.82) is 0 Å². The molecule has 1 aromatic rings.